The molecule has 2 aliphatic rings. The Balaban J connectivity index is 1.60. The lowest BCUT2D eigenvalue weighted by Crippen LogP contribution is -2.46. The number of carbonyl (C=O) groups excluding carboxylic acids is 5. The second kappa shape index (κ2) is 20.3. The average molecular weight is 793 g/mol. The second-order valence-electron chi connectivity index (χ2n) is 15.4. The summed E-state index contributed by atoms with van der Waals surface area (Å²) in [4.78, 5) is 71.5. The summed E-state index contributed by atoms with van der Waals surface area (Å²) < 4.78 is 12.2. The van der Waals surface area contributed by atoms with E-state index in [0.29, 0.717) is 45.2 Å². The van der Waals surface area contributed by atoms with Crippen molar-refractivity contribution >= 4 is 29.2 Å². The first kappa shape index (κ1) is 43.7. The van der Waals surface area contributed by atoms with Crippen LogP contribution in [0.2, 0.25) is 0 Å². The van der Waals surface area contributed by atoms with Crippen molar-refractivity contribution < 1.29 is 33.4 Å². The fourth-order valence-electron chi connectivity index (χ4n) is 7.65. The van der Waals surface area contributed by atoms with Gasteiger partial charge in [0.15, 0.2) is 17.3 Å². The van der Waals surface area contributed by atoms with Gasteiger partial charge in [-0.2, -0.15) is 5.26 Å². The fraction of sp³-hybridized carbons (Fsp3) is 0.467. The van der Waals surface area contributed by atoms with E-state index in [1.807, 2.05) is 37.3 Å². The highest BCUT2D eigenvalue weighted by Gasteiger charge is 2.36. The minimum atomic E-state index is -1.19. The summed E-state index contributed by atoms with van der Waals surface area (Å²) >= 11 is 0. The van der Waals surface area contributed by atoms with Crippen LogP contribution in [-0.2, 0) is 25.6 Å². The molecule has 0 aromatic heterocycles. The lowest BCUT2D eigenvalue weighted by atomic mass is 9.87. The number of benzene rings is 3. The zero-order valence-electron chi connectivity index (χ0n) is 33.8. The van der Waals surface area contributed by atoms with Crippen molar-refractivity contribution in [2.24, 2.45) is 29.0 Å². The minimum Gasteiger partial charge on any atom is -0.492 e. The number of amides is 2. The molecular formula is C45H56N6O7. The van der Waals surface area contributed by atoms with Gasteiger partial charge in [-0.15, -0.1) is 0 Å². The maximum absolute atomic E-state index is 14.6. The van der Waals surface area contributed by atoms with Gasteiger partial charge in [-0.25, -0.2) is 0 Å². The van der Waals surface area contributed by atoms with Crippen LogP contribution in [-0.4, -0.2) is 80.0 Å². The van der Waals surface area contributed by atoms with E-state index in [9.17, 15) is 29.2 Å². The highest BCUT2D eigenvalue weighted by atomic mass is 16.5. The number of nitrogens with two attached hydrogens (primary N) is 3. The normalized spacial score (nSPS) is 18.6. The summed E-state index contributed by atoms with van der Waals surface area (Å²) in [5.41, 5.74) is 22.5. The Morgan fingerprint density at radius 1 is 0.897 bits per heavy atom. The van der Waals surface area contributed by atoms with Gasteiger partial charge in [-0.05, 0) is 91.6 Å². The molecule has 0 unspecified atom stereocenters. The number of aryl methyl sites for hydroxylation is 1. The lowest BCUT2D eigenvalue weighted by Gasteiger charge is -2.32. The van der Waals surface area contributed by atoms with Crippen molar-refractivity contribution in [3.8, 4) is 28.7 Å². The zero-order valence-corrected chi connectivity index (χ0v) is 33.8. The van der Waals surface area contributed by atoms with Crippen LogP contribution in [0.3, 0.4) is 0 Å². The molecule has 4 bridgehead atoms. The molecule has 0 spiro atoms. The molecule has 0 saturated heterocycles. The monoisotopic (exact) mass is 792 g/mol. The third kappa shape index (κ3) is 10.7. The minimum absolute atomic E-state index is 0.0178. The van der Waals surface area contributed by atoms with E-state index in [0.717, 1.165) is 18.4 Å². The summed E-state index contributed by atoms with van der Waals surface area (Å²) in [7, 11) is 1.53. The Morgan fingerprint density at radius 3 is 2.17 bits per heavy atom. The molecule has 3 aromatic carbocycles. The van der Waals surface area contributed by atoms with Gasteiger partial charge in [0.25, 0.3) is 0 Å². The van der Waals surface area contributed by atoms with Gasteiger partial charge >= 0.3 is 0 Å². The van der Waals surface area contributed by atoms with Crippen LogP contribution in [0.4, 0.5) is 0 Å². The molecule has 58 heavy (non-hydrogen) atoms. The first-order valence-corrected chi connectivity index (χ1v) is 20.2. The number of rotatable bonds is 17. The smallest absolute Gasteiger partial charge is 0.226 e. The van der Waals surface area contributed by atoms with Crippen LogP contribution in [0.25, 0.3) is 11.1 Å². The van der Waals surface area contributed by atoms with Crippen LogP contribution in [0.1, 0.15) is 96.4 Å². The number of nitrogens with one attached hydrogen (secondary N) is 1. The summed E-state index contributed by atoms with van der Waals surface area (Å²) in [6, 6.07) is 16.3. The van der Waals surface area contributed by atoms with E-state index in [1.165, 1.54) is 17.5 Å². The summed E-state index contributed by atoms with van der Waals surface area (Å²) in [5, 5.41) is 12.0. The molecule has 0 radical (unpaired) electrons. The molecule has 3 aromatic rings. The van der Waals surface area contributed by atoms with Crippen LogP contribution >= 0.6 is 0 Å². The number of hydrogen-bond donors (Lipinski definition) is 4. The van der Waals surface area contributed by atoms with Gasteiger partial charge in [0.05, 0.1) is 12.1 Å². The van der Waals surface area contributed by atoms with Gasteiger partial charge in [-0.3, -0.25) is 24.0 Å². The summed E-state index contributed by atoms with van der Waals surface area (Å²) in [5.74, 6) is -2.18. The van der Waals surface area contributed by atoms with Gasteiger partial charge < -0.3 is 36.9 Å². The number of ether oxygens (including phenoxy) is 2. The quantitative estimate of drug-likeness (QED) is 0.140. The predicted octanol–water partition coefficient (Wildman–Crippen LogP) is 4.46. The number of fused-ring (bicyclic) bond motifs is 5. The summed E-state index contributed by atoms with van der Waals surface area (Å²) in [6.07, 6.45) is 2.15. The van der Waals surface area contributed by atoms with E-state index < -0.39 is 41.5 Å². The number of hydrogen-bond acceptors (Lipinski definition) is 11. The molecule has 13 nitrogen and oxygen atoms in total. The number of Topliss-reactive ketones (excluding diaryl/α,β-unsaturated/α-hetero) is 3. The van der Waals surface area contributed by atoms with Gasteiger partial charge in [0, 0.05) is 74.3 Å². The Bertz CT molecular complexity index is 2040. The average Bonchev–Trinajstić information content (AvgIpc) is 4.06. The van der Waals surface area contributed by atoms with Crippen molar-refractivity contribution in [3.05, 3.63) is 82.4 Å². The third-order valence-electron chi connectivity index (χ3n) is 10.9. The molecule has 1 fully saturated rings. The highest BCUT2D eigenvalue weighted by molar-refractivity contribution is 6.01. The first-order chi connectivity index (χ1) is 27.9. The largest absolute Gasteiger partial charge is 0.492 e. The van der Waals surface area contributed by atoms with Crippen LogP contribution in [0.15, 0.2) is 54.6 Å². The molecule has 308 valence electrons. The second-order valence-corrected chi connectivity index (χ2v) is 15.4. The van der Waals surface area contributed by atoms with Crippen LogP contribution in [0, 0.1) is 30.1 Å². The van der Waals surface area contributed by atoms with Crippen molar-refractivity contribution in [1.82, 2.24) is 10.2 Å². The van der Waals surface area contributed by atoms with Gasteiger partial charge in [0.1, 0.15) is 30.8 Å². The first-order valence-electron chi connectivity index (χ1n) is 20.2. The van der Waals surface area contributed by atoms with Crippen molar-refractivity contribution in [2.75, 3.05) is 39.9 Å². The molecule has 1 heterocycles. The number of nitrogens with zero attached hydrogens (tertiary/aromatic N) is 2. The molecule has 7 N–H and O–H groups in total. The van der Waals surface area contributed by atoms with Gasteiger partial charge in [0.2, 0.25) is 11.8 Å². The number of likely N-dealkylation sites (N-methyl/N-ethyl adjacent to an activating group) is 1. The van der Waals surface area contributed by atoms with Crippen LogP contribution < -0.4 is 32.0 Å². The Hall–Kier alpha value is -5.42. The molecule has 1 aliphatic heterocycles. The molecule has 1 saturated carbocycles. The number of ketones is 3. The third-order valence-corrected chi connectivity index (χ3v) is 10.9. The number of carbonyl (C=O) groups is 5. The lowest BCUT2D eigenvalue weighted by molar-refractivity contribution is -0.142. The Labute approximate surface area is 340 Å². The molecule has 2 amide bonds. The van der Waals surface area contributed by atoms with Crippen molar-refractivity contribution in [1.29, 1.82) is 5.26 Å². The molecule has 5 rings (SSSR count). The molecular weight excluding hydrogens is 737 g/mol. The zero-order chi connectivity index (χ0) is 41.9. The SMILES string of the molecule is Cc1cc(C2CC2)ccc1C(=O)C[C@@H](CCN)C(=O)N(C)[C@@H]1C(=O)C[C@@H](C)C(=O)N[C@H](C(=O)CCC#N)Cc2ccc(OCCN)c(c2)-c2cc1ccc2OCCN. The maximum atomic E-state index is 14.6. The maximum Gasteiger partial charge on any atom is 0.226 e. The highest BCUT2D eigenvalue weighted by Crippen LogP contribution is 2.42. The Morgan fingerprint density at radius 2 is 1.55 bits per heavy atom. The topological polar surface area (TPSA) is 221 Å². The van der Waals surface area contributed by atoms with Crippen molar-refractivity contribution in [3.63, 3.8) is 0 Å². The van der Waals surface area contributed by atoms with E-state index >= 15 is 0 Å². The molecule has 4 atom stereocenters. The van der Waals surface area contributed by atoms with E-state index in [1.54, 1.807) is 37.3 Å². The van der Waals surface area contributed by atoms with E-state index in [2.05, 4.69) is 5.32 Å². The summed E-state index contributed by atoms with van der Waals surface area (Å²) in [6.45, 7) is 4.48. The fourth-order valence-corrected chi connectivity index (χ4v) is 7.65. The van der Waals surface area contributed by atoms with E-state index in [4.69, 9.17) is 26.7 Å². The molecule has 1 aliphatic carbocycles. The number of nitriles is 1. The van der Waals surface area contributed by atoms with E-state index in [-0.39, 0.29) is 82.9 Å². The Kier molecular flexibility index (Phi) is 15.3. The van der Waals surface area contributed by atoms with Crippen LogP contribution in [0.5, 0.6) is 11.5 Å². The standard InChI is InChI=1S/C45H56N6O7/c1-27-21-31(30-7-8-30)9-11-34(27)39(53)26-33(14-16-47)45(56)51(3)43-32-10-13-42(58-20-18-49)36(25-32)35-23-29(6-12-41(35)57-19-17-48)24-37(38(52)5-4-15-46)50-44(55)28(2)22-40(43)54/h6,9-13,21,23,25,28,30,33,37,43H,4-5,7-8,14,16-20,22,24,26,47-49H2,1-3H3,(H,50,55)/t28-,33-,37+,43+/m1/s1. The van der Waals surface area contributed by atoms with Gasteiger partial charge in [-0.1, -0.05) is 37.3 Å². The van der Waals surface area contributed by atoms with Crippen molar-refractivity contribution in [2.45, 2.75) is 83.2 Å². The predicted molar refractivity (Wildman–Crippen MR) is 220 cm³/mol. The molecule has 13 heteroatoms.